The van der Waals surface area contributed by atoms with Gasteiger partial charge >= 0.3 is 0 Å². The smallest absolute Gasteiger partial charge is 0.255 e. The number of nitrogens with zero attached hydrogens (tertiary/aromatic N) is 1. The molecule has 0 bridgehead atoms. The van der Waals surface area contributed by atoms with Crippen LogP contribution in [0.25, 0.3) is 0 Å². The second-order valence-electron chi connectivity index (χ2n) is 8.42. The number of hydrogen-bond acceptors (Lipinski definition) is 4. The first-order valence-electron chi connectivity index (χ1n) is 11.1. The monoisotopic (exact) mass is 442 g/mol. The average Bonchev–Trinajstić information content (AvgIpc) is 3.29. The van der Waals surface area contributed by atoms with Crippen molar-refractivity contribution in [3.05, 3.63) is 59.7 Å². The largest absolute Gasteiger partial charge is 0.490 e. The summed E-state index contributed by atoms with van der Waals surface area (Å²) in [5.74, 6) is 0.566. The lowest BCUT2D eigenvalue weighted by molar-refractivity contribution is 0.102. The fourth-order valence-corrected chi connectivity index (χ4v) is 5.83. The molecule has 0 aromatic heterocycles. The average molecular weight is 443 g/mol. The topological polar surface area (TPSA) is 75.7 Å². The number of carbonyl (C=O) groups excluding carboxylic acids is 1. The van der Waals surface area contributed by atoms with Crippen molar-refractivity contribution in [1.82, 2.24) is 4.31 Å². The number of carbonyl (C=O) groups is 1. The van der Waals surface area contributed by atoms with Crippen LogP contribution in [0.5, 0.6) is 5.75 Å². The molecule has 31 heavy (non-hydrogen) atoms. The Kier molecular flexibility index (Phi) is 6.92. The number of benzene rings is 2. The molecule has 1 saturated carbocycles. The Morgan fingerprint density at radius 3 is 2.19 bits per heavy atom. The zero-order valence-corrected chi connectivity index (χ0v) is 18.6. The van der Waals surface area contributed by atoms with Gasteiger partial charge in [-0.25, -0.2) is 12.7 Å². The summed E-state index contributed by atoms with van der Waals surface area (Å²) in [5, 5.41) is 2.88. The third-order valence-electron chi connectivity index (χ3n) is 5.99. The summed E-state index contributed by atoms with van der Waals surface area (Å²) in [7, 11) is -3.31. The van der Waals surface area contributed by atoms with E-state index in [0.717, 1.165) is 37.9 Å². The lowest BCUT2D eigenvalue weighted by Gasteiger charge is -2.25. The Bertz CT molecular complexity index is 975. The van der Waals surface area contributed by atoms with Gasteiger partial charge in [0.15, 0.2) is 0 Å². The Labute approximate surface area is 184 Å². The molecule has 2 fully saturated rings. The Morgan fingerprint density at radius 2 is 1.55 bits per heavy atom. The number of sulfonamides is 1. The van der Waals surface area contributed by atoms with E-state index in [1.807, 2.05) is 24.3 Å². The molecule has 1 heterocycles. The van der Waals surface area contributed by atoms with Crippen LogP contribution in [0.2, 0.25) is 0 Å². The van der Waals surface area contributed by atoms with Crippen molar-refractivity contribution in [3.8, 4) is 5.75 Å². The van der Waals surface area contributed by atoms with Gasteiger partial charge in [0.1, 0.15) is 5.75 Å². The van der Waals surface area contributed by atoms with Gasteiger partial charge in [-0.15, -0.1) is 0 Å². The Balaban J connectivity index is 1.32. The van der Waals surface area contributed by atoms with Crippen molar-refractivity contribution in [1.29, 1.82) is 0 Å². The minimum absolute atomic E-state index is 0.0304. The summed E-state index contributed by atoms with van der Waals surface area (Å²) < 4.78 is 32.7. The zero-order chi connectivity index (χ0) is 21.7. The van der Waals surface area contributed by atoms with Crippen LogP contribution in [0.15, 0.2) is 48.5 Å². The van der Waals surface area contributed by atoms with Crippen LogP contribution >= 0.6 is 0 Å². The third-order valence-corrected chi connectivity index (χ3v) is 7.84. The first kappa shape index (κ1) is 21.8. The molecule has 0 unspecified atom stereocenters. The number of amides is 1. The van der Waals surface area contributed by atoms with Crippen LogP contribution < -0.4 is 10.1 Å². The van der Waals surface area contributed by atoms with E-state index in [0.29, 0.717) is 36.0 Å². The molecule has 4 rings (SSSR count). The number of hydrogen-bond donors (Lipinski definition) is 1. The highest BCUT2D eigenvalue weighted by Gasteiger charge is 2.24. The number of rotatable bonds is 7. The molecule has 2 aromatic rings. The molecule has 1 amide bonds. The summed E-state index contributed by atoms with van der Waals surface area (Å²) in [4.78, 5) is 12.6. The van der Waals surface area contributed by atoms with Gasteiger partial charge in [0.2, 0.25) is 10.0 Å². The molecule has 0 radical (unpaired) electrons. The molecule has 166 valence electrons. The fraction of sp³-hybridized carbons (Fsp3) is 0.458. The van der Waals surface area contributed by atoms with Gasteiger partial charge in [-0.2, -0.15) is 0 Å². The number of piperidine rings is 1. The van der Waals surface area contributed by atoms with E-state index in [2.05, 4.69) is 5.32 Å². The molecule has 1 aliphatic carbocycles. The second kappa shape index (κ2) is 9.83. The molecule has 1 saturated heterocycles. The highest BCUT2D eigenvalue weighted by molar-refractivity contribution is 7.88. The van der Waals surface area contributed by atoms with Crippen molar-refractivity contribution in [2.45, 2.75) is 56.8 Å². The van der Waals surface area contributed by atoms with E-state index in [4.69, 9.17) is 4.74 Å². The van der Waals surface area contributed by atoms with Crippen molar-refractivity contribution in [2.75, 3.05) is 18.4 Å². The normalized spacial score (nSPS) is 18.1. The number of ether oxygens (including phenoxy) is 1. The van der Waals surface area contributed by atoms with Crippen LogP contribution in [0.3, 0.4) is 0 Å². The predicted octanol–water partition coefficient (Wildman–Crippen LogP) is 4.58. The van der Waals surface area contributed by atoms with Crippen LogP contribution in [0.1, 0.15) is 60.9 Å². The maximum atomic E-state index is 12.6. The summed E-state index contributed by atoms with van der Waals surface area (Å²) in [6, 6.07) is 14.2. The SMILES string of the molecule is O=C(Nc1ccc(OC2CCCC2)cc1)c1ccc(CS(=O)(=O)N2CCCCC2)cc1. The van der Waals surface area contributed by atoms with Gasteiger partial charge in [-0.05, 0) is 80.5 Å². The summed E-state index contributed by atoms with van der Waals surface area (Å²) in [6.07, 6.45) is 7.90. The molecule has 1 aliphatic heterocycles. The predicted molar refractivity (Wildman–Crippen MR) is 122 cm³/mol. The molecule has 6 nitrogen and oxygen atoms in total. The first-order chi connectivity index (χ1) is 15.0. The van der Waals surface area contributed by atoms with Gasteiger partial charge < -0.3 is 10.1 Å². The Morgan fingerprint density at radius 1 is 0.903 bits per heavy atom. The molecular formula is C24H30N2O4S. The van der Waals surface area contributed by atoms with E-state index in [-0.39, 0.29) is 11.7 Å². The minimum Gasteiger partial charge on any atom is -0.490 e. The van der Waals surface area contributed by atoms with E-state index in [1.165, 1.54) is 12.8 Å². The maximum Gasteiger partial charge on any atom is 0.255 e. The van der Waals surface area contributed by atoms with Crippen LogP contribution in [-0.4, -0.2) is 37.8 Å². The second-order valence-corrected chi connectivity index (χ2v) is 10.4. The zero-order valence-electron chi connectivity index (χ0n) is 17.8. The molecule has 7 heteroatoms. The van der Waals surface area contributed by atoms with Gasteiger partial charge in [0.25, 0.3) is 5.91 Å². The molecule has 0 atom stereocenters. The molecule has 0 spiro atoms. The lowest BCUT2D eigenvalue weighted by Crippen LogP contribution is -2.36. The van der Waals surface area contributed by atoms with Crippen molar-refractivity contribution < 1.29 is 17.9 Å². The molecular weight excluding hydrogens is 412 g/mol. The van der Waals surface area contributed by atoms with Gasteiger partial charge in [-0.1, -0.05) is 18.6 Å². The van der Waals surface area contributed by atoms with E-state index in [1.54, 1.807) is 28.6 Å². The van der Waals surface area contributed by atoms with Gasteiger partial charge in [0.05, 0.1) is 11.9 Å². The van der Waals surface area contributed by atoms with E-state index in [9.17, 15) is 13.2 Å². The fourth-order valence-electron chi connectivity index (χ4n) is 4.22. The highest BCUT2D eigenvalue weighted by atomic mass is 32.2. The number of anilines is 1. The van der Waals surface area contributed by atoms with E-state index < -0.39 is 10.0 Å². The standard InChI is InChI=1S/C24H30N2O4S/c27-24(25-21-12-14-23(15-13-21)30-22-6-2-3-7-22)20-10-8-19(9-11-20)18-31(28,29)26-16-4-1-5-17-26/h8-15,22H,1-7,16-18H2,(H,25,27). The maximum absolute atomic E-state index is 12.6. The van der Waals surface area contributed by atoms with E-state index >= 15 is 0 Å². The summed E-state index contributed by atoms with van der Waals surface area (Å²) in [5.41, 5.74) is 1.88. The molecule has 2 aromatic carbocycles. The lowest BCUT2D eigenvalue weighted by atomic mass is 10.1. The van der Waals surface area contributed by atoms with Gasteiger partial charge in [0, 0.05) is 24.3 Å². The van der Waals surface area contributed by atoms with Crippen molar-refractivity contribution >= 4 is 21.6 Å². The number of nitrogens with one attached hydrogen (secondary N) is 1. The van der Waals surface area contributed by atoms with Crippen molar-refractivity contribution in [2.24, 2.45) is 0 Å². The quantitative estimate of drug-likeness (QED) is 0.681. The van der Waals surface area contributed by atoms with Crippen LogP contribution in [0.4, 0.5) is 5.69 Å². The summed E-state index contributed by atoms with van der Waals surface area (Å²) in [6.45, 7) is 1.21. The third kappa shape index (κ3) is 5.86. The first-order valence-corrected chi connectivity index (χ1v) is 12.8. The molecule has 2 aliphatic rings. The van der Waals surface area contributed by atoms with Gasteiger partial charge in [-0.3, -0.25) is 4.79 Å². The van der Waals surface area contributed by atoms with Crippen molar-refractivity contribution in [3.63, 3.8) is 0 Å². The van der Waals surface area contributed by atoms with Crippen LogP contribution in [-0.2, 0) is 15.8 Å². The summed E-state index contributed by atoms with van der Waals surface area (Å²) >= 11 is 0. The minimum atomic E-state index is -3.31. The van der Waals surface area contributed by atoms with Crippen LogP contribution in [0, 0.1) is 0 Å². The molecule has 1 N–H and O–H groups in total. The highest BCUT2D eigenvalue weighted by Crippen LogP contribution is 2.25. The Hall–Kier alpha value is -2.38.